The van der Waals surface area contributed by atoms with E-state index in [1.807, 2.05) is 0 Å². The molecule has 0 aliphatic rings. The second-order valence-electron chi connectivity index (χ2n) is 6.20. The lowest BCUT2D eigenvalue weighted by molar-refractivity contribution is -0.111. The minimum atomic E-state index is -3.68. The van der Waals surface area contributed by atoms with Crippen molar-refractivity contribution in [2.45, 2.75) is 25.4 Å². The van der Waals surface area contributed by atoms with Gasteiger partial charge in [0.15, 0.2) is 11.5 Å². The fraction of sp³-hybridized carbons (Fsp3) is 0.286. The average molecular weight is 454 g/mol. The number of carbonyl (C=O) groups excluding carboxylic acids is 1. The molecule has 0 spiro atoms. The number of nitrogens with zero attached hydrogens (tertiary/aromatic N) is 1. The Morgan fingerprint density at radius 1 is 1.16 bits per heavy atom. The normalized spacial score (nSPS) is 11.8. The molecule has 0 radical (unpaired) electrons. The van der Waals surface area contributed by atoms with Crippen LogP contribution >= 0.6 is 0 Å². The van der Waals surface area contributed by atoms with Gasteiger partial charge < -0.3 is 14.8 Å². The highest BCUT2D eigenvalue weighted by molar-refractivity contribution is 7.89. The lowest BCUT2D eigenvalue weighted by Gasteiger charge is -2.18. The molecule has 0 heterocycles. The smallest absolute Gasteiger partial charge is 0.387 e. The number of sulfonamides is 1. The molecule has 0 saturated heterocycles. The van der Waals surface area contributed by atoms with Gasteiger partial charge in [0, 0.05) is 30.4 Å². The standard InChI is InChI=1S/C21H24F2N2O5S/c1-4-25(5-2)31(27,28)17-10-7-9-16(14-17)24-19(26)13-12-15-8-6-11-18(29-3)20(15)30-21(22)23/h6-14,21H,4-5H2,1-3H3,(H,24,26)/b13-12+. The first kappa shape index (κ1) is 24.3. The molecule has 2 aromatic rings. The lowest BCUT2D eigenvalue weighted by atomic mass is 10.1. The zero-order valence-corrected chi connectivity index (χ0v) is 18.2. The molecule has 2 rings (SSSR count). The Labute approximate surface area is 180 Å². The van der Waals surface area contributed by atoms with Crippen LogP contribution in [0.25, 0.3) is 6.08 Å². The van der Waals surface area contributed by atoms with Gasteiger partial charge in [-0.1, -0.05) is 32.0 Å². The number of hydrogen-bond acceptors (Lipinski definition) is 5. The molecule has 0 aromatic heterocycles. The van der Waals surface area contributed by atoms with E-state index in [4.69, 9.17) is 4.74 Å². The van der Waals surface area contributed by atoms with E-state index in [9.17, 15) is 22.0 Å². The topological polar surface area (TPSA) is 84.9 Å². The van der Waals surface area contributed by atoms with Gasteiger partial charge in [0.25, 0.3) is 0 Å². The van der Waals surface area contributed by atoms with Crippen molar-refractivity contribution in [3.05, 3.63) is 54.1 Å². The predicted octanol–water partition coefficient (Wildman–Crippen LogP) is 3.98. The molecule has 0 unspecified atom stereocenters. The maximum atomic E-state index is 12.7. The molecule has 1 N–H and O–H groups in total. The third-order valence-corrected chi connectivity index (χ3v) is 6.34. The summed E-state index contributed by atoms with van der Waals surface area (Å²) in [6, 6.07) is 10.4. The first-order chi connectivity index (χ1) is 14.7. The molecule has 0 aliphatic heterocycles. The molecule has 2 aromatic carbocycles. The minimum Gasteiger partial charge on any atom is -0.493 e. The van der Waals surface area contributed by atoms with Crippen LogP contribution in [0.3, 0.4) is 0 Å². The molecule has 0 atom stereocenters. The number of alkyl halides is 2. The van der Waals surface area contributed by atoms with Crippen LogP contribution in [-0.4, -0.2) is 45.4 Å². The highest BCUT2D eigenvalue weighted by Crippen LogP contribution is 2.33. The molecule has 0 aliphatic carbocycles. The molecule has 1 amide bonds. The number of amides is 1. The minimum absolute atomic E-state index is 0.0541. The van der Waals surface area contributed by atoms with Crippen molar-refractivity contribution in [1.29, 1.82) is 0 Å². The number of nitrogens with one attached hydrogen (secondary N) is 1. The summed E-state index contributed by atoms with van der Waals surface area (Å²) in [4.78, 5) is 12.4. The number of hydrogen-bond donors (Lipinski definition) is 1. The number of anilines is 1. The zero-order chi connectivity index (χ0) is 23.0. The lowest BCUT2D eigenvalue weighted by Crippen LogP contribution is -2.30. The number of methoxy groups -OCH3 is 1. The van der Waals surface area contributed by atoms with Crippen molar-refractivity contribution >= 4 is 27.7 Å². The van der Waals surface area contributed by atoms with Crippen LogP contribution in [0.15, 0.2) is 53.4 Å². The first-order valence-corrected chi connectivity index (χ1v) is 10.9. The molecule has 0 bridgehead atoms. The van der Waals surface area contributed by atoms with E-state index < -0.39 is 22.5 Å². The Hall–Kier alpha value is -2.98. The second kappa shape index (κ2) is 10.9. The third kappa shape index (κ3) is 6.25. The van der Waals surface area contributed by atoms with E-state index in [1.54, 1.807) is 26.0 Å². The Bertz CT molecular complexity index is 1040. The van der Waals surface area contributed by atoms with Crippen LogP contribution < -0.4 is 14.8 Å². The van der Waals surface area contributed by atoms with Crippen molar-refractivity contribution in [3.8, 4) is 11.5 Å². The summed E-state index contributed by atoms with van der Waals surface area (Å²) >= 11 is 0. The summed E-state index contributed by atoms with van der Waals surface area (Å²) in [6.45, 7) is 1.06. The van der Waals surface area contributed by atoms with Gasteiger partial charge in [0.05, 0.1) is 12.0 Å². The molecule has 7 nitrogen and oxygen atoms in total. The van der Waals surface area contributed by atoms with Crippen molar-refractivity contribution in [1.82, 2.24) is 4.31 Å². The SMILES string of the molecule is CCN(CC)S(=O)(=O)c1cccc(NC(=O)/C=C/c2cccc(OC)c2OC(F)F)c1. The highest BCUT2D eigenvalue weighted by atomic mass is 32.2. The van der Waals surface area contributed by atoms with Crippen molar-refractivity contribution < 1.29 is 31.5 Å². The van der Waals surface area contributed by atoms with Crippen LogP contribution in [0.5, 0.6) is 11.5 Å². The van der Waals surface area contributed by atoms with E-state index in [1.165, 1.54) is 47.8 Å². The Balaban J connectivity index is 2.22. The number of carbonyl (C=O) groups is 1. The quantitative estimate of drug-likeness (QED) is 0.549. The summed E-state index contributed by atoms with van der Waals surface area (Å²) in [6.07, 6.45) is 2.42. The summed E-state index contributed by atoms with van der Waals surface area (Å²) in [5.41, 5.74) is 0.491. The number of ether oxygens (including phenoxy) is 2. The monoisotopic (exact) mass is 454 g/mol. The van der Waals surface area contributed by atoms with E-state index in [0.717, 1.165) is 6.08 Å². The van der Waals surface area contributed by atoms with Crippen molar-refractivity contribution in [2.24, 2.45) is 0 Å². The number of rotatable bonds is 10. The third-order valence-electron chi connectivity index (χ3n) is 4.30. The van der Waals surface area contributed by atoms with Gasteiger partial charge >= 0.3 is 6.61 Å². The fourth-order valence-corrected chi connectivity index (χ4v) is 4.34. The van der Waals surface area contributed by atoms with E-state index >= 15 is 0 Å². The number of halogens is 2. The summed E-state index contributed by atoms with van der Waals surface area (Å²) in [5.74, 6) is -0.684. The summed E-state index contributed by atoms with van der Waals surface area (Å²) in [7, 11) is -2.36. The van der Waals surface area contributed by atoms with E-state index in [2.05, 4.69) is 10.1 Å². The molecule has 0 fully saturated rings. The van der Waals surface area contributed by atoms with Crippen LogP contribution in [0.2, 0.25) is 0 Å². The Morgan fingerprint density at radius 2 is 1.84 bits per heavy atom. The molecular formula is C21H24F2N2O5S. The molecule has 0 saturated carbocycles. The van der Waals surface area contributed by atoms with Gasteiger partial charge in [-0.05, 0) is 30.3 Å². The van der Waals surface area contributed by atoms with Gasteiger partial charge in [-0.15, -0.1) is 0 Å². The first-order valence-electron chi connectivity index (χ1n) is 9.44. The van der Waals surface area contributed by atoms with Crippen molar-refractivity contribution in [2.75, 3.05) is 25.5 Å². The highest BCUT2D eigenvalue weighted by Gasteiger charge is 2.21. The van der Waals surface area contributed by atoms with Gasteiger partial charge in [0.2, 0.25) is 15.9 Å². The van der Waals surface area contributed by atoms with Crippen LogP contribution in [0, 0.1) is 0 Å². The van der Waals surface area contributed by atoms with Gasteiger partial charge in [-0.2, -0.15) is 13.1 Å². The van der Waals surface area contributed by atoms with Gasteiger partial charge in [-0.25, -0.2) is 8.42 Å². The predicted molar refractivity (Wildman–Crippen MR) is 114 cm³/mol. The maximum absolute atomic E-state index is 12.7. The Kier molecular flexibility index (Phi) is 8.52. The zero-order valence-electron chi connectivity index (χ0n) is 17.3. The molecule has 31 heavy (non-hydrogen) atoms. The van der Waals surface area contributed by atoms with Crippen LogP contribution in [0.1, 0.15) is 19.4 Å². The van der Waals surface area contributed by atoms with E-state index in [0.29, 0.717) is 13.1 Å². The number of benzene rings is 2. The fourth-order valence-electron chi connectivity index (χ4n) is 2.84. The van der Waals surface area contributed by atoms with Gasteiger partial charge in [-0.3, -0.25) is 4.79 Å². The van der Waals surface area contributed by atoms with Crippen LogP contribution in [0.4, 0.5) is 14.5 Å². The Morgan fingerprint density at radius 3 is 2.45 bits per heavy atom. The number of para-hydroxylation sites is 1. The van der Waals surface area contributed by atoms with Crippen LogP contribution in [-0.2, 0) is 14.8 Å². The second-order valence-corrected chi connectivity index (χ2v) is 8.13. The van der Waals surface area contributed by atoms with Crippen molar-refractivity contribution in [3.63, 3.8) is 0 Å². The summed E-state index contributed by atoms with van der Waals surface area (Å²) in [5, 5.41) is 2.56. The molecule has 10 heteroatoms. The summed E-state index contributed by atoms with van der Waals surface area (Å²) < 4.78 is 61.5. The maximum Gasteiger partial charge on any atom is 0.387 e. The molecule has 168 valence electrons. The average Bonchev–Trinajstić information content (AvgIpc) is 2.73. The molecular weight excluding hydrogens is 430 g/mol. The largest absolute Gasteiger partial charge is 0.493 e. The van der Waals surface area contributed by atoms with Gasteiger partial charge in [0.1, 0.15) is 0 Å². The van der Waals surface area contributed by atoms with E-state index in [-0.39, 0.29) is 27.6 Å².